The summed E-state index contributed by atoms with van der Waals surface area (Å²) in [5, 5.41) is 12.8. The lowest BCUT2D eigenvalue weighted by Crippen LogP contribution is -2.47. The van der Waals surface area contributed by atoms with Crippen LogP contribution in [0, 0.1) is 11.3 Å². The van der Waals surface area contributed by atoms with Crippen molar-refractivity contribution in [2.45, 2.75) is 19.0 Å². The minimum absolute atomic E-state index is 0.170. The van der Waals surface area contributed by atoms with Gasteiger partial charge in [-0.1, -0.05) is 134 Å². The number of hydrogen-bond acceptors (Lipinski definition) is 6. The van der Waals surface area contributed by atoms with Crippen LogP contribution in [-0.2, 0) is 0 Å². The van der Waals surface area contributed by atoms with Crippen LogP contribution in [0.2, 0.25) is 0 Å². The van der Waals surface area contributed by atoms with Crippen LogP contribution in [0.15, 0.2) is 133 Å². The first-order valence-electron chi connectivity index (χ1n) is 16.1. The first kappa shape index (κ1) is 33.1. The number of benzene rings is 4. The van der Waals surface area contributed by atoms with Gasteiger partial charge in [-0.15, -0.1) is 0 Å². The van der Waals surface area contributed by atoms with Crippen LogP contribution >= 0.6 is 12.2 Å². The highest BCUT2D eigenvalue weighted by molar-refractivity contribution is 7.80. The number of piperazine rings is 2. The zero-order chi connectivity index (χ0) is 32.1. The Morgan fingerprint density at radius 3 is 1.30 bits per heavy atom. The monoisotopic (exact) mass is 628 g/mol. The molecule has 6 rings (SSSR count). The molecule has 7 heteroatoms. The van der Waals surface area contributed by atoms with Crippen molar-refractivity contribution < 1.29 is 0 Å². The number of nitrogens with two attached hydrogens (primary N) is 1. The lowest BCUT2D eigenvalue weighted by molar-refractivity contribution is 0.131. The summed E-state index contributed by atoms with van der Waals surface area (Å²) in [5.74, 6) is 0. The molecule has 6 nitrogen and oxygen atoms in total. The highest BCUT2D eigenvalue weighted by Gasteiger charge is 2.27. The number of thiocarbonyl (C=S) groups is 1. The highest BCUT2D eigenvalue weighted by atomic mass is 32.1. The van der Waals surface area contributed by atoms with Gasteiger partial charge in [0.15, 0.2) is 0 Å². The fourth-order valence-corrected chi connectivity index (χ4v) is 6.69. The second-order valence-electron chi connectivity index (χ2n) is 11.7. The van der Waals surface area contributed by atoms with Gasteiger partial charge in [0.25, 0.3) is 0 Å². The molecular formula is C39H44N6S. The summed E-state index contributed by atoms with van der Waals surface area (Å²) in [6.07, 6.45) is 0. The quantitative estimate of drug-likeness (QED) is 0.138. The number of hydrogen-bond donors (Lipinski definition) is 2. The van der Waals surface area contributed by atoms with E-state index >= 15 is 0 Å². The number of nitriles is 1. The molecule has 2 saturated heterocycles. The van der Waals surface area contributed by atoms with Crippen molar-refractivity contribution >= 4 is 17.2 Å². The molecule has 0 spiro atoms. The third-order valence-corrected chi connectivity index (χ3v) is 9.06. The van der Waals surface area contributed by atoms with E-state index in [1.54, 1.807) is 0 Å². The van der Waals surface area contributed by atoms with Crippen LogP contribution in [-0.4, -0.2) is 72.0 Å². The zero-order valence-electron chi connectivity index (χ0n) is 26.6. The SMILES string of the molecule is C/C(=C(\C#N)C(N)=S)N1CCN(C(c2ccccc2)c2ccccc2)CC1.c1ccc(C(c2ccccc2)N2CCNCC2)cc1. The third-order valence-electron chi connectivity index (χ3n) is 8.85. The zero-order valence-corrected chi connectivity index (χ0v) is 27.4. The van der Waals surface area contributed by atoms with Crippen molar-refractivity contribution in [3.8, 4) is 6.07 Å². The van der Waals surface area contributed by atoms with Gasteiger partial charge >= 0.3 is 0 Å². The van der Waals surface area contributed by atoms with Crippen LogP contribution in [0.5, 0.6) is 0 Å². The van der Waals surface area contributed by atoms with Gasteiger partial charge in [-0.05, 0) is 29.2 Å². The Hall–Kier alpha value is -4.32. The minimum Gasteiger partial charge on any atom is -0.389 e. The van der Waals surface area contributed by atoms with Crippen molar-refractivity contribution in [2.75, 3.05) is 52.4 Å². The summed E-state index contributed by atoms with van der Waals surface area (Å²) >= 11 is 5.01. The van der Waals surface area contributed by atoms with Crippen LogP contribution < -0.4 is 11.1 Å². The van der Waals surface area contributed by atoms with Crippen LogP contribution in [0.1, 0.15) is 41.3 Å². The van der Waals surface area contributed by atoms with Gasteiger partial charge in [-0.3, -0.25) is 9.80 Å². The maximum absolute atomic E-state index is 9.32. The van der Waals surface area contributed by atoms with Gasteiger partial charge in [0.2, 0.25) is 0 Å². The van der Waals surface area contributed by atoms with E-state index in [9.17, 15) is 5.26 Å². The maximum atomic E-state index is 9.32. The Morgan fingerprint density at radius 2 is 0.978 bits per heavy atom. The van der Waals surface area contributed by atoms with Gasteiger partial charge in [-0.2, -0.15) is 5.26 Å². The smallest absolute Gasteiger partial charge is 0.116 e. The van der Waals surface area contributed by atoms with E-state index in [0.29, 0.717) is 11.6 Å². The number of allylic oxidation sites excluding steroid dienone is 1. The summed E-state index contributed by atoms with van der Waals surface area (Å²) in [6, 6.07) is 45.6. The first-order chi connectivity index (χ1) is 22.6. The molecule has 0 aliphatic carbocycles. The van der Waals surface area contributed by atoms with E-state index in [1.807, 2.05) is 6.92 Å². The Kier molecular flexibility index (Phi) is 12.1. The minimum atomic E-state index is 0.170. The normalized spacial score (nSPS) is 16.3. The van der Waals surface area contributed by atoms with E-state index in [0.717, 1.165) is 58.1 Å². The predicted molar refractivity (Wildman–Crippen MR) is 192 cm³/mol. The molecule has 4 aromatic rings. The summed E-state index contributed by atoms with van der Waals surface area (Å²) in [6.45, 7) is 9.80. The van der Waals surface area contributed by atoms with Gasteiger partial charge < -0.3 is 16.0 Å². The largest absolute Gasteiger partial charge is 0.389 e. The van der Waals surface area contributed by atoms with Crippen LogP contribution in [0.4, 0.5) is 0 Å². The summed E-state index contributed by atoms with van der Waals surface area (Å²) in [5.41, 5.74) is 12.4. The topological polar surface area (TPSA) is 71.6 Å². The predicted octanol–water partition coefficient (Wildman–Crippen LogP) is 6.16. The van der Waals surface area contributed by atoms with Crippen LogP contribution in [0.3, 0.4) is 0 Å². The second-order valence-corrected chi connectivity index (χ2v) is 12.1. The van der Waals surface area contributed by atoms with Crippen molar-refractivity contribution in [1.29, 1.82) is 5.26 Å². The molecule has 0 amide bonds. The van der Waals surface area contributed by atoms with Crippen molar-refractivity contribution in [2.24, 2.45) is 5.73 Å². The fraction of sp³-hybridized carbons (Fsp3) is 0.282. The Labute approximate surface area is 279 Å². The average molecular weight is 629 g/mol. The third kappa shape index (κ3) is 8.48. The Morgan fingerprint density at radius 1 is 0.630 bits per heavy atom. The summed E-state index contributed by atoms with van der Waals surface area (Å²) < 4.78 is 0. The molecule has 2 aliphatic heterocycles. The van der Waals surface area contributed by atoms with E-state index < -0.39 is 0 Å². The average Bonchev–Trinajstić information content (AvgIpc) is 3.12. The Bertz CT molecular complexity index is 1490. The molecule has 0 bridgehead atoms. The van der Waals surface area contributed by atoms with E-state index in [1.165, 1.54) is 22.3 Å². The van der Waals surface area contributed by atoms with Crippen molar-refractivity contribution in [1.82, 2.24) is 20.0 Å². The summed E-state index contributed by atoms with van der Waals surface area (Å²) in [4.78, 5) is 7.45. The molecule has 46 heavy (non-hydrogen) atoms. The van der Waals surface area contributed by atoms with Gasteiger partial charge in [0.1, 0.15) is 16.6 Å². The standard InChI is InChI=1S/C22H24N4S.C17H20N2/c1-17(20(16-23)22(24)27)25-12-14-26(15-13-25)21(18-8-4-2-5-9-18)19-10-6-3-7-11-19;1-3-7-15(8-4-1)17(16-9-5-2-6-10-16)19-13-11-18-12-14-19/h2-11,21H,12-15H2,1H3,(H2,24,27);1-10,17-18H,11-14H2/b20-17-;. The van der Waals surface area contributed by atoms with Gasteiger partial charge in [0, 0.05) is 58.1 Å². The fourth-order valence-electron chi connectivity index (χ4n) is 6.50. The van der Waals surface area contributed by atoms with Gasteiger partial charge in [-0.25, -0.2) is 0 Å². The molecule has 0 atom stereocenters. The van der Waals surface area contributed by atoms with Crippen molar-refractivity contribution in [3.63, 3.8) is 0 Å². The van der Waals surface area contributed by atoms with Crippen LogP contribution in [0.25, 0.3) is 0 Å². The molecule has 2 aliphatic rings. The Balaban J connectivity index is 0.000000192. The molecule has 2 fully saturated rings. The maximum Gasteiger partial charge on any atom is 0.116 e. The molecule has 0 unspecified atom stereocenters. The number of rotatable bonds is 8. The molecule has 4 aromatic carbocycles. The number of nitrogens with zero attached hydrogens (tertiary/aromatic N) is 4. The first-order valence-corrected chi connectivity index (χ1v) is 16.5. The molecule has 0 radical (unpaired) electrons. The lowest BCUT2D eigenvalue weighted by Gasteiger charge is -2.41. The molecule has 0 aromatic heterocycles. The van der Waals surface area contributed by atoms with Gasteiger partial charge in [0.05, 0.1) is 12.1 Å². The number of nitrogens with one attached hydrogen (secondary N) is 1. The lowest BCUT2D eigenvalue weighted by atomic mass is 9.96. The molecular weight excluding hydrogens is 585 g/mol. The second kappa shape index (κ2) is 16.8. The molecule has 3 N–H and O–H groups in total. The molecule has 0 saturated carbocycles. The van der Waals surface area contributed by atoms with E-state index in [2.05, 4.69) is 147 Å². The van der Waals surface area contributed by atoms with Crippen molar-refractivity contribution in [3.05, 3.63) is 155 Å². The van der Waals surface area contributed by atoms with E-state index in [-0.39, 0.29) is 11.0 Å². The van der Waals surface area contributed by atoms with E-state index in [4.69, 9.17) is 18.0 Å². The molecule has 236 valence electrons. The highest BCUT2D eigenvalue weighted by Crippen LogP contribution is 2.31. The molecule has 2 heterocycles. The summed E-state index contributed by atoms with van der Waals surface area (Å²) in [7, 11) is 0.